The lowest BCUT2D eigenvalue weighted by Crippen LogP contribution is -2.16. The Morgan fingerprint density at radius 2 is 2.33 bits per heavy atom. The second-order valence-electron chi connectivity index (χ2n) is 3.88. The van der Waals surface area contributed by atoms with Gasteiger partial charge < -0.3 is 5.32 Å². The maximum atomic E-state index is 3.54. The van der Waals surface area contributed by atoms with Crippen molar-refractivity contribution in [2.24, 2.45) is 0 Å². The Bertz CT molecular complexity index is 328. The molecular formula is C12H16BrNS. The van der Waals surface area contributed by atoms with E-state index >= 15 is 0 Å². The van der Waals surface area contributed by atoms with E-state index in [0.717, 1.165) is 25.4 Å². The van der Waals surface area contributed by atoms with Crippen molar-refractivity contribution in [1.82, 2.24) is 5.32 Å². The van der Waals surface area contributed by atoms with Gasteiger partial charge in [-0.15, -0.1) is 11.3 Å². The molecule has 0 aliphatic heterocycles. The maximum Gasteiger partial charge on any atom is 0.0317 e. The number of hydrogen-bond acceptors (Lipinski definition) is 2. The predicted molar refractivity (Wildman–Crippen MR) is 70.5 cm³/mol. The van der Waals surface area contributed by atoms with Crippen LogP contribution in [0.5, 0.6) is 0 Å². The number of nitrogens with one attached hydrogen (secondary N) is 1. The Kier molecular flexibility index (Phi) is 4.42. The predicted octanol–water partition coefficient (Wildman–Crippen LogP) is 3.75. The Morgan fingerprint density at radius 1 is 1.47 bits per heavy atom. The van der Waals surface area contributed by atoms with Gasteiger partial charge in [0.15, 0.2) is 0 Å². The van der Waals surface area contributed by atoms with Gasteiger partial charge in [-0.1, -0.05) is 12.2 Å². The molecule has 0 radical (unpaired) electrons. The minimum absolute atomic E-state index is 0.838. The van der Waals surface area contributed by atoms with Crippen LogP contribution in [0.1, 0.15) is 24.1 Å². The van der Waals surface area contributed by atoms with E-state index < -0.39 is 0 Å². The second kappa shape index (κ2) is 5.83. The number of rotatable bonds is 6. The first-order valence-corrected chi connectivity index (χ1v) is 7.14. The van der Waals surface area contributed by atoms with Gasteiger partial charge in [-0.05, 0) is 53.2 Å². The molecule has 1 N–H and O–H groups in total. The van der Waals surface area contributed by atoms with Crippen molar-refractivity contribution in [2.75, 3.05) is 6.54 Å². The summed E-state index contributed by atoms with van der Waals surface area (Å²) in [5.74, 6) is 0. The summed E-state index contributed by atoms with van der Waals surface area (Å²) in [5.41, 5.74) is 0. The van der Waals surface area contributed by atoms with E-state index in [9.17, 15) is 0 Å². The van der Waals surface area contributed by atoms with Gasteiger partial charge in [-0.2, -0.15) is 0 Å². The topological polar surface area (TPSA) is 12.0 Å². The average Bonchev–Trinajstić information content (AvgIpc) is 2.96. The molecule has 0 bridgehead atoms. The van der Waals surface area contributed by atoms with E-state index in [2.05, 4.69) is 44.8 Å². The molecule has 15 heavy (non-hydrogen) atoms. The highest BCUT2D eigenvalue weighted by Crippen LogP contribution is 2.23. The zero-order chi connectivity index (χ0) is 10.5. The van der Waals surface area contributed by atoms with Crippen molar-refractivity contribution in [2.45, 2.75) is 31.7 Å². The van der Waals surface area contributed by atoms with E-state index in [1.54, 1.807) is 0 Å². The first-order chi connectivity index (χ1) is 7.36. The molecule has 82 valence electrons. The fraction of sp³-hybridized carbons (Fsp3) is 0.500. The minimum Gasteiger partial charge on any atom is -0.314 e. The standard InChI is InChI=1S/C12H16BrNS/c13-11-7-9-15-12(11)4-2-1-3-8-14-10-5-6-10/h1-2,7,9-10,14H,3-6,8H2. The monoisotopic (exact) mass is 285 g/mol. The summed E-state index contributed by atoms with van der Waals surface area (Å²) in [6, 6.07) is 2.95. The summed E-state index contributed by atoms with van der Waals surface area (Å²) >= 11 is 5.36. The molecule has 0 aromatic carbocycles. The molecular weight excluding hydrogens is 270 g/mol. The van der Waals surface area contributed by atoms with Crippen molar-refractivity contribution in [1.29, 1.82) is 0 Å². The minimum atomic E-state index is 0.838. The van der Waals surface area contributed by atoms with Gasteiger partial charge in [0.1, 0.15) is 0 Å². The van der Waals surface area contributed by atoms with Crippen molar-refractivity contribution in [3.8, 4) is 0 Å². The van der Waals surface area contributed by atoms with E-state index in [4.69, 9.17) is 0 Å². The first kappa shape index (κ1) is 11.4. The molecule has 1 nitrogen and oxygen atoms in total. The summed E-state index contributed by atoms with van der Waals surface area (Å²) in [6.45, 7) is 1.13. The third-order valence-electron chi connectivity index (χ3n) is 2.48. The molecule has 0 spiro atoms. The van der Waals surface area contributed by atoms with Gasteiger partial charge in [0.2, 0.25) is 0 Å². The molecule has 0 saturated heterocycles. The van der Waals surface area contributed by atoms with Gasteiger partial charge in [0.25, 0.3) is 0 Å². The second-order valence-corrected chi connectivity index (χ2v) is 5.74. The lowest BCUT2D eigenvalue weighted by molar-refractivity contribution is 0.690. The van der Waals surface area contributed by atoms with Crippen LogP contribution in [0.3, 0.4) is 0 Å². The molecule has 1 aliphatic rings. The quantitative estimate of drug-likeness (QED) is 0.620. The van der Waals surface area contributed by atoms with E-state index in [0.29, 0.717) is 0 Å². The summed E-state index contributed by atoms with van der Waals surface area (Å²) < 4.78 is 1.24. The third-order valence-corrected chi connectivity index (χ3v) is 4.43. The zero-order valence-corrected chi connectivity index (χ0v) is 11.1. The largest absolute Gasteiger partial charge is 0.314 e. The Balaban J connectivity index is 1.60. The summed E-state index contributed by atoms with van der Waals surface area (Å²) in [6.07, 6.45) is 9.52. The van der Waals surface area contributed by atoms with Crippen LogP contribution < -0.4 is 5.32 Å². The van der Waals surface area contributed by atoms with Gasteiger partial charge in [0, 0.05) is 21.8 Å². The van der Waals surface area contributed by atoms with Crippen LogP contribution in [0.25, 0.3) is 0 Å². The van der Waals surface area contributed by atoms with Gasteiger partial charge in [-0.3, -0.25) is 0 Å². The van der Waals surface area contributed by atoms with E-state index in [1.807, 2.05) is 11.3 Å². The maximum absolute atomic E-state index is 3.54. The lowest BCUT2D eigenvalue weighted by Gasteiger charge is -1.97. The van der Waals surface area contributed by atoms with Gasteiger partial charge >= 0.3 is 0 Å². The van der Waals surface area contributed by atoms with Crippen molar-refractivity contribution < 1.29 is 0 Å². The fourth-order valence-electron chi connectivity index (χ4n) is 1.44. The molecule has 1 aromatic rings. The van der Waals surface area contributed by atoms with Crippen LogP contribution >= 0.6 is 27.3 Å². The fourth-order valence-corrected chi connectivity index (χ4v) is 2.93. The molecule has 1 aliphatic carbocycles. The van der Waals surface area contributed by atoms with Crippen LogP contribution in [0, 0.1) is 0 Å². The molecule has 0 amide bonds. The zero-order valence-electron chi connectivity index (χ0n) is 8.71. The molecule has 1 heterocycles. The Morgan fingerprint density at radius 3 is 3.00 bits per heavy atom. The van der Waals surface area contributed by atoms with Crippen molar-refractivity contribution in [3.05, 3.63) is 32.9 Å². The molecule has 3 heteroatoms. The van der Waals surface area contributed by atoms with Gasteiger partial charge in [0.05, 0.1) is 0 Å². The average molecular weight is 286 g/mol. The van der Waals surface area contributed by atoms with Crippen molar-refractivity contribution in [3.63, 3.8) is 0 Å². The third kappa shape index (κ3) is 4.09. The molecule has 1 saturated carbocycles. The summed E-state index contributed by atoms with van der Waals surface area (Å²) in [5, 5.41) is 5.63. The SMILES string of the molecule is Brc1ccsc1CC=CCCNC1CC1. The summed E-state index contributed by atoms with van der Waals surface area (Å²) in [4.78, 5) is 1.42. The Hall–Kier alpha value is -0.120. The smallest absolute Gasteiger partial charge is 0.0317 e. The van der Waals surface area contributed by atoms with Crippen LogP contribution in [-0.4, -0.2) is 12.6 Å². The number of hydrogen-bond donors (Lipinski definition) is 1. The number of allylic oxidation sites excluding steroid dienone is 1. The van der Waals surface area contributed by atoms with Crippen LogP contribution in [0.15, 0.2) is 28.1 Å². The van der Waals surface area contributed by atoms with E-state index in [-0.39, 0.29) is 0 Å². The highest BCUT2D eigenvalue weighted by Gasteiger charge is 2.19. The molecule has 0 atom stereocenters. The lowest BCUT2D eigenvalue weighted by atomic mass is 10.3. The van der Waals surface area contributed by atoms with Crippen LogP contribution in [-0.2, 0) is 6.42 Å². The van der Waals surface area contributed by atoms with Crippen LogP contribution in [0.2, 0.25) is 0 Å². The highest BCUT2D eigenvalue weighted by atomic mass is 79.9. The normalized spacial score (nSPS) is 16.3. The van der Waals surface area contributed by atoms with Crippen LogP contribution in [0.4, 0.5) is 0 Å². The Labute approximate surface area is 104 Å². The van der Waals surface area contributed by atoms with Crippen molar-refractivity contribution >= 4 is 27.3 Å². The molecule has 2 rings (SSSR count). The number of thiophene rings is 1. The number of halogens is 1. The highest BCUT2D eigenvalue weighted by molar-refractivity contribution is 9.10. The summed E-state index contributed by atoms with van der Waals surface area (Å²) in [7, 11) is 0. The molecule has 0 unspecified atom stereocenters. The molecule has 1 aromatic heterocycles. The van der Waals surface area contributed by atoms with Gasteiger partial charge in [-0.25, -0.2) is 0 Å². The molecule has 1 fully saturated rings. The first-order valence-electron chi connectivity index (χ1n) is 5.46. The van der Waals surface area contributed by atoms with E-state index in [1.165, 1.54) is 22.2 Å².